The van der Waals surface area contributed by atoms with Gasteiger partial charge in [0.2, 0.25) is 11.8 Å². The van der Waals surface area contributed by atoms with E-state index in [1.807, 2.05) is 19.1 Å². The summed E-state index contributed by atoms with van der Waals surface area (Å²) in [4.78, 5) is 21.0. The number of carbonyl (C=O) groups is 1. The van der Waals surface area contributed by atoms with Crippen LogP contribution in [0, 0.1) is 0 Å². The van der Waals surface area contributed by atoms with Crippen LogP contribution in [0.4, 0.5) is 5.95 Å². The molecular weight excluding hydrogens is 324 g/mol. The van der Waals surface area contributed by atoms with E-state index < -0.39 is 0 Å². The van der Waals surface area contributed by atoms with Crippen molar-refractivity contribution in [3.05, 3.63) is 41.6 Å². The minimum atomic E-state index is -0.292. The number of benzene rings is 1. The molecule has 22 heavy (non-hydrogen) atoms. The number of methoxy groups -OCH3 is 1. The van der Waals surface area contributed by atoms with Gasteiger partial charge in [-0.25, -0.2) is 4.98 Å². The van der Waals surface area contributed by atoms with Crippen molar-refractivity contribution in [2.75, 3.05) is 12.5 Å². The first-order valence-electron chi connectivity index (χ1n) is 6.43. The Morgan fingerprint density at radius 3 is 2.73 bits per heavy atom. The molecule has 0 aliphatic rings. The van der Waals surface area contributed by atoms with Gasteiger partial charge in [-0.1, -0.05) is 11.6 Å². The summed E-state index contributed by atoms with van der Waals surface area (Å²) in [6.07, 6.45) is 1.53. The number of nitrogens with zero attached hydrogens (tertiary/aromatic N) is 2. The van der Waals surface area contributed by atoms with Crippen molar-refractivity contribution in [3.8, 4) is 5.88 Å². The zero-order valence-corrected chi connectivity index (χ0v) is 13.6. The molecule has 2 rings (SSSR count). The fourth-order valence-electron chi connectivity index (χ4n) is 1.51. The number of thioether (sulfide) groups is 1. The third kappa shape index (κ3) is 4.78. The van der Waals surface area contributed by atoms with E-state index in [-0.39, 0.29) is 17.1 Å². The van der Waals surface area contributed by atoms with Crippen molar-refractivity contribution in [1.29, 1.82) is 0 Å². The van der Waals surface area contributed by atoms with Crippen LogP contribution in [-0.4, -0.2) is 28.2 Å². The summed E-state index contributed by atoms with van der Waals surface area (Å²) in [7, 11) is 1.51. The SMILES string of the molecule is COc1ccnc(NNC(=O)C(C)Sc2ccc(Cl)cc2)n1. The predicted octanol–water partition coefficient (Wildman–Crippen LogP) is 2.76. The van der Waals surface area contributed by atoms with Crippen molar-refractivity contribution in [1.82, 2.24) is 15.4 Å². The molecule has 8 heteroatoms. The van der Waals surface area contributed by atoms with Crippen molar-refractivity contribution in [2.24, 2.45) is 0 Å². The number of halogens is 1. The lowest BCUT2D eigenvalue weighted by molar-refractivity contribution is -0.119. The van der Waals surface area contributed by atoms with Gasteiger partial charge in [0.25, 0.3) is 5.91 Å². The maximum atomic E-state index is 12.0. The molecule has 0 spiro atoms. The van der Waals surface area contributed by atoms with Crippen molar-refractivity contribution in [2.45, 2.75) is 17.1 Å². The number of anilines is 1. The first kappa shape index (κ1) is 16.4. The Morgan fingerprint density at radius 1 is 1.32 bits per heavy atom. The molecule has 1 aromatic heterocycles. The molecule has 116 valence electrons. The van der Waals surface area contributed by atoms with Gasteiger partial charge < -0.3 is 4.74 Å². The predicted molar refractivity (Wildman–Crippen MR) is 87.1 cm³/mol. The van der Waals surface area contributed by atoms with Gasteiger partial charge in [0, 0.05) is 22.2 Å². The topological polar surface area (TPSA) is 76.1 Å². The second-order valence-electron chi connectivity index (χ2n) is 4.25. The molecule has 0 saturated heterocycles. The van der Waals surface area contributed by atoms with E-state index in [0.29, 0.717) is 10.9 Å². The van der Waals surface area contributed by atoms with Crippen LogP contribution in [0.1, 0.15) is 6.92 Å². The van der Waals surface area contributed by atoms with Crippen LogP contribution in [0.5, 0.6) is 5.88 Å². The van der Waals surface area contributed by atoms with Gasteiger partial charge in [-0.15, -0.1) is 11.8 Å². The minimum Gasteiger partial charge on any atom is -0.481 e. The van der Waals surface area contributed by atoms with Gasteiger partial charge >= 0.3 is 0 Å². The third-order valence-electron chi connectivity index (χ3n) is 2.63. The second-order valence-corrected chi connectivity index (χ2v) is 6.10. The van der Waals surface area contributed by atoms with E-state index in [9.17, 15) is 4.79 Å². The highest BCUT2D eigenvalue weighted by Crippen LogP contribution is 2.24. The third-order valence-corrected chi connectivity index (χ3v) is 4.00. The monoisotopic (exact) mass is 338 g/mol. The standard InChI is InChI=1S/C14H15ClN4O2S/c1-9(22-11-5-3-10(15)4-6-11)13(20)18-19-14-16-8-7-12(17-14)21-2/h3-9H,1-2H3,(H,18,20)(H,16,17,19). The van der Waals surface area contributed by atoms with E-state index in [1.54, 1.807) is 18.2 Å². The van der Waals surface area contributed by atoms with Crippen molar-refractivity contribution >= 4 is 35.2 Å². The second kappa shape index (κ2) is 7.86. The van der Waals surface area contributed by atoms with Crippen LogP contribution < -0.4 is 15.6 Å². The van der Waals surface area contributed by atoms with E-state index in [1.165, 1.54) is 25.1 Å². The average molecular weight is 339 g/mol. The largest absolute Gasteiger partial charge is 0.481 e. The Bertz CT molecular complexity index is 639. The molecule has 0 bridgehead atoms. The smallest absolute Gasteiger partial charge is 0.251 e. The molecule has 2 N–H and O–H groups in total. The lowest BCUT2D eigenvalue weighted by Crippen LogP contribution is -2.36. The van der Waals surface area contributed by atoms with E-state index in [2.05, 4.69) is 20.8 Å². The summed E-state index contributed by atoms with van der Waals surface area (Å²) >= 11 is 7.26. The number of hydrogen-bond acceptors (Lipinski definition) is 6. The Hall–Kier alpha value is -1.99. The van der Waals surface area contributed by atoms with E-state index in [4.69, 9.17) is 16.3 Å². The normalized spacial score (nSPS) is 11.6. The van der Waals surface area contributed by atoms with Gasteiger partial charge in [-0.2, -0.15) is 4.98 Å². The first-order chi connectivity index (χ1) is 10.6. The Morgan fingerprint density at radius 2 is 2.05 bits per heavy atom. The highest BCUT2D eigenvalue weighted by Gasteiger charge is 2.14. The number of rotatable bonds is 6. The number of carbonyl (C=O) groups excluding carboxylic acids is 1. The molecule has 1 heterocycles. The minimum absolute atomic E-state index is 0.189. The first-order valence-corrected chi connectivity index (χ1v) is 7.69. The fraction of sp³-hybridized carbons (Fsp3) is 0.214. The number of hydrazine groups is 1. The molecule has 1 unspecified atom stereocenters. The summed E-state index contributed by atoms with van der Waals surface area (Å²) < 4.78 is 4.98. The molecular formula is C14H15ClN4O2S. The summed E-state index contributed by atoms with van der Waals surface area (Å²) in [6.45, 7) is 1.81. The maximum absolute atomic E-state index is 12.0. The summed E-state index contributed by atoms with van der Waals surface area (Å²) in [5.74, 6) is 0.484. The molecule has 1 aromatic carbocycles. The molecule has 0 aliphatic heterocycles. The Kier molecular flexibility index (Phi) is 5.85. The summed E-state index contributed by atoms with van der Waals surface area (Å²) in [5.41, 5.74) is 5.22. The summed E-state index contributed by atoms with van der Waals surface area (Å²) in [6, 6.07) is 8.93. The lowest BCUT2D eigenvalue weighted by Gasteiger charge is -2.12. The quantitative estimate of drug-likeness (QED) is 0.623. The molecule has 0 radical (unpaired) electrons. The number of aromatic nitrogens is 2. The van der Waals surface area contributed by atoms with Gasteiger partial charge in [0.15, 0.2) is 0 Å². The molecule has 6 nitrogen and oxygen atoms in total. The van der Waals surface area contributed by atoms with Crippen LogP contribution in [-0.2, 0) is 4.79 Å². The number of ether oxygens (including phenoxy) is 1. The molecule has 0 saturated carbocycles. The molecule has 0 fully saturated rings. The number of amides is 1. The molecule has 2 aromatic rings. The van der Waals surface area contributed by atoms with Crippen LogP contribution in [0.3, 0.4) is 0 Å². The zero-order chi connectivity index (χ0) is 15.9. The van der Waals surface area contributed by atoms with Crippen LogP contribution >= 0.6 is 23.4 Å². The fourth-order valence-corrected chi connectivity index (χ4v) is 2.50. The van der Waals surface area contributed by atoms with Gasteiger partial charge in [-0.3, -0.25) is 15.6 Å². The molecule has 1 amide bonds. The molecule has 1 atom stereocenters. The summed E-state index contributed by atoms with van der Waals surface area (Å²) in [5, 5.41) is 0.373. The van der Waals surface area contributed by atoms with E-state index >= 15 is 0 Å². The van der Waals surface area contributed by atoms with E-state index in [0.717, 1.165) is 4.90 Å². The van der Waals surface area contributed by atoms with Crippen LogP contribution in [0.15, 0.2) is 41.4 Å². The Labute approximate surface area is 137 Å². The highest BCUT2D eigenvalue weighted by atomic mass is 35.5. The number of hydrogen-bond donors (Lipinski definition) is 2. The van der Waals surface area contributed by atoms with Crippen LogP contribution in [0.25, 0.3) is 0 Å². The average Bonchev–Trinajstić information content (AvgIpc) is 2.54. The Balaban J connectivity index is 1.86. The lowest BCUT2D eigenvalue weighted by atomic mass is 10.4. The number of nitrogens with one attached hydrogen (secondary N) is 2. The van der Waals surface area contributed by atoms with Gasteiger partial charge in [0.1, 0.15) is 0 Å². The van der Waals surface area contributed by atoms with Crippen molar-refractivity contribution < 1.29 is 9.53 Å². The highest BCUT2D eigenvalue weighted by molar-refractivity contribution is 8.00. The molecule has 0 aliphatic carbocycles. The van der Waals surface area contributed by atoms with Gasteiger partial charge in [0.05, 0.1) is 12.4 Å². The van der Waals surface area contributed by atoms with Crippen molar-refractivity contribution in [3.63, 3.8) is 0 Å². The van der Waals surface area contributed by atoms with Gasteiger partial charge in [-0.05, 0) is 31.2 Å². The maximum Gasteiger partial charge on any atom is 0.251 e. The zero-order valence-electron chi connectivity index (χ0n) is 12.0. The van der Waals surface area contributed by atoms with Crippen LogP contribution in [0.2, 0.25) is 5.02 Å².